The van der Waals surface area contributed by atoms with Crippen molar-refractivity contribution >= 4 is 23.7 Å². The molecule has 1 aromatic rings. The van der Waals surface area contributed by atoms with Crippen LogP contribution in [0.15, 0.2) is 41.4 Å². The molecule has 110 valence electrons. The molecule has 1 unspecified atom stereocenters. The van der Waals surface area contributed by atoms with Crippen LogP contribution < -0.4 is 16.4 Å². The van der Waals surface area contributed by atoms with Crippen molar-refractivity contribution in [3.05, 3.63) is 47.5 Å². The molecule has 1 aromatic carbocycles. The predicted molar refractivity (Wildman–Crippen MR) is 83.1 cm³/mol. The maximum Gasteiger partial charge on any atom is 0.330 e. The fourth-order valence-electron chi connectivity index (χ4n) is 1.91. The Morgan fingerprint density at radius 1 is 1.52 bits per heavy atom. The van der Waals surface area contributed by atoms with E-state index < -0.39 is 0 Å². The van der Waals surface area contributed by atoms with Gasteiger partial charge in [-0.3, -0.25) is 5.32 Å². The van der Waals surface area contributed by atoms with Crippen LogP contribution in [0.25, 0.3) is 11.8 Å². The fraction of sp³-hybridized carbons (Fsp3) is 0.200. The molecule has 0 saturated carbocycles. The second kappa shape index (κ2) is 6.71. The third-order valence-corrected chi connectivity index (χ3v) is 2.98. The van der Waals surface area contributed by atoms with Crippen molar-refractivity contribution in [2.75, 3.05) is 14.2 Å². The van der Waals surface area contributed by atoms with Gasteiger partial charge in [0.05, 0.1) is 12.8 Å². The first-order valence-corrected chi connectivity index (χ1v) is 6.48. The highest BCUT2D eigenvalue weighted by atomic mass is 16.5. The number of likely N-dealkylation sites (N-methyl/N-ethyl adjacent to an activating group) is 1. The second-order valence-electron chi connectivity index (χ2n) is 4.44. The molecule has 1 aliphatic heterocycles. The number of hydrogen-bond donors (Lipinski definition) is 3. The van der Waals surface area contributed by atoms with Crippen LogP contribution in [-0.2, 0) is 9.53 Å². The van der Waals surface area contributed by atoms with E-state index in [1.807, 2.05) is 37.4 Å². The summed E-state index contributed by atoms with van der Waals surface area (Å²) in [4.78, 5) is 15.4. The van der Waals surface area contributed by atoms with E-state index in [2.05, 4.69) is 20.4 Å². The van der Waals surface area contributed by atoms with Crippen molar-refractivity contribution < 1.29 is 9.53 Å². The van der Waals surface area contributed by atoms with Crippen LogP contribution in [0.4, 0.5) is 0 Å². The summed E-state index contributed by atoms with van der Waals surface area (Å²) in [6, 6.07) is 7.67. The standard InChI is InChI=1S/C15H18N4O2/c1-17-13-9-12(18-15(16)19-13)11-5-3-4-10(8-11)6-7-14(20)21-2/h3-9,13,17H,1-2H3,(H3,16,18,19)/b7-6+. The van der Waals surface area contributed by atoms with Crippen LogP contribution in [0.3, 0.4) is 0 Å². The van der Waals surface area contributed by atoms with E-state index in [1.54, 1.807) is 6.08 Å². The Morgan fingerprint density at radius 3 is 3.05 bits per heavy atom. The number of guanidine groups is 1. The van der Waals surface area contributed by atoms with Crippen molar-refractivity contribution in [1.29, 1.82) is 0 Å². The second-order valence-corrected chi connectivity index (χ2v) is 4.44. The molecule has 0 amide bonds. The van der Waals surface area contributed by atoms with Crippen LogP contribution in [-0.4, -0.2) is 32.3 Å². The van der Waals surface area contributed by atoms with Gasteiger partial charge in [0.2, 0.25) is 0 Å². The highest BCUT2D eigenvalue weighted by Gasteiger charge is 2.13. The molecule has 1 aliphatic rings. The van der Waals surface area contributed by atoms with Gasteiger partial charge in [-0.1, -0.05) is 18.2 Å². The molecule has 1 atom stereocenters. The molecule has 4 N–H and O–H groups in total. The number of nitrogens with zero attached hydrogens (tertiary/aromatic N) is 1. The Labute approximate surface area is 123 Å². The Morgan fingerprint density at radius 2 is 2.33 bits per heavy atom. The third-order valence-electron chi connectivity index (χ3n) is 2.98. The van der Waals surface area contributed by atoms with Gasteiger partial charge in [0.25, 0.3) is 0 Å². The Hall–Kier alpha value is -2.60. The number of aliphatic imine (C=N–C) groups is 1. The minimum Gasteiger partial charge on any atom is -0.466 e. The van der Waals surface area contributed by atoms with Gasteiger partial charge in [0.15, 0.2) is 5.96 Å². The maximum absolute atomic E-state index is 11.1. The van der Waals surface area contributed by atoms with E-state index in [1.165, 1.54) is 13.2 Å². The molecule has 21 heavy (non-hydrogen) atoms. The summed E-state index contributed by atoms with van der Waals surface area (Å²) in [5, 5.41) is 6.07. The average Bonchev–Trinajstić information content (AvgIpc) is 2.52. The minimum absolute atomic E-state index is 0.0632. The zero-order chi connectivity index (χ0) is 15.2. The smallest absolute Gasteiger partial charge is 0.330 e. The van der Waals surface area contributed by atoms with Crippen molar-refractivity contribution in [3.8, 4) is 0 Å². The summed E-state index contributed by atoms with van der Waals surface area (Å²) in [6.07, 6.45) is 4.95. The van der Waals surface area contributed by atoms with Crippen molar-refractivity contribution in [2.45, 2.75) is 6.17 Å². The SMILES string of the molecule is CNC1C=C(c2cccc(/C=C/C(=O)OC)c2)N=C(N)N1. The van der Waals surface area contributed by atoms with Gasteiger partial charge in [-0.2, -0.15) is 0 Å². The number of hydrogen-bond acceptors (Lipinski definition) is 6. The molecule has 6 heteroatoms. The summed E-state index contributed by atoms with van der Waals surface area (Å²) in [7, 11) is 3.18. The number of rotatable bonds is 4. The summed E-state index contributed by atoms with van der Waals surface area (Å²) < 4.78 is 4.57. The van der Waals surface area contributed by atoms with Gasteiger partial charge in [0, 0.05) is 11.6 Å². The van der Waals surface area contributed by atoms with Crippen molar-refractivity contribution in [3.63, 3.8) is 0 Å². The summed E-state index contributed by atoms with van der Waals surface area (Å²) in [5.41, 5.74) is 8.35. The lowest BCUT2D eigenvalue weighted by Gasteiger charge is -2.20. The topological polar surface area (TPSA) is 88.7 Å². The first-order chi connectivity index (χ1) is 10.1. The van der Waals surface area contributed by atoms with Crippen LogP contribution in [0.2, 0.25) is 0 Å². The van der Waals surface area contributed by atoms with Gasteiger partial charge in [-0.25, -0.2) is 9.79 Å². The molecule has 6 nitrogen and oxygen atoms in total. The molecule has 0 bridgehead atoms. The zero-order valence-electron chi connectivity index (χ0n) is 12.0. The molecular weight excluding hydrogens is 268 g/mol. The van der Waals surface area contributed by atoms with Crippen LogP contribution in [0.1, 0.15) is 11.1 Å². The van der Waals surface area contributed by atoms with Gasteiger partial charge in [-0.05, 0) is 30.8 Å². The lowest BCUT2D eigenvalue weighted by Crippen LogP contribution is -2.47. The van der Waals surface area contributed by atoms with Crippen LogP contribution >= 0.6 is 0 Å². The molecule has 0 aliphatic carbocycles. The highest BCUT2D eigenvalue weighted by Crippen LogP contribution is 2.20. The van der Waals surface area contributed by atoms with Crippen LogP contribution in [0.5, 0.6) is 0 Å². The van der Waals surface area contributed by atoms with Gasteiger partial charge in [0.1, 0.15) is 6.17 Å². The molecule has 2 rings (SSSR count). The maximum atomic E-state index is 11.1. The molecule has 0 fully saturated rings. The predicted octanol–water partition coefficient (Wildman–Crippen LogP) is 0.677. The average molecular weight is 286 g/mol. The number of ether oxygens (including phenoxy) is 1. The van der Waals surface area contributed by atoms with Crippen molar-refractivity contribution in [2.24, 2.45) is 10.7 Å². The quantitative estimate of drug-likeness (QED) is 0.559. The Bertz CT molecular complexity index is 620. The summed E-state index contributed by atoms with van der Waals surface area (Å²) in [5.74, 6) is -0.0265. The fourth-order valence-corrected chi connectivity index (χ4v) is 1.91. The summed E-state index contributed by atoms with van der Waals surface area (Å²) >= 11 is 0. The van der Waals surface area contributed by atoms with Gasteiger partial charge >= 0.3 is 5.97 Å². The summed E-state index contributed by atoms with van der Waals surface area (Å²) in [6.45, 7) is 0. The lowest BCUT2D eigenvalue weighted by atomic mass is 10.1. The number of benzene rings is 1. The minimum atomic E-state index is -0.390. The molecule has 0 aromatic heterocycles. The van der Waals surface area contributed by atoms with Crippen molar-refractivity contribution in [1.82, 2.24) is 10.6 Å². The number of carbonyl (C=O) groups is 1. The van der Waals surface area contributed by atoms with E-state index in [-0.39, 0.29) is 12.1 Å². The number of nitrogens with one attached hydrogen (secondary N) is 2. The normalized spacial score (nSPS) is 17.9. The number of nitrogens with two attached hydrogens (primary N) is 1. The first kappa shape index (κ1) is 14.8. The van der Waals surface area contributed by atoms with E-state index >= 15 is 0 Å². The molecular formula is C15H18N4O2. The highest BCUT2D eigenvalue weighted by molar-refractivity contribution is 5.89. The van der Waals surface area contributed by atoms with Gasteiger partial charge < -0.3 is 15.8 Å². The van der Waals surface area contributed by atoms with E-state index in [0.29, 0.717) is 5.96 Å². The van der Waals surface area contributed by atoms with E-state index in [4.69, 9.17) is 5.73 Å². The van der Waals surface area contributed by atoms with E-state index in [0.717, 1.165) is 16.8 Å². The third kappa shape index (κ3) is 3.93. The largest absolute Gasteiger partial charge is 0.466 e. The monoisotopic (exact) mass is 286 g/mol. The molecule has 0 radical (unpaired) electrons. The zero-order valence-corrected chi connectivity index (χ0v) is 12.0. The lowest BCUT2D eigenvalue weighted by molar-refractivity contribution is -0.134. The first-order valence-electron chi connectivity index (χ1n) is 6.48. The number of methoxy groups -OCH3 is 1. The Balaban J connectivity index is 2.27. The molecule has 1 heterocycles. The van der Waals surface area contributed by atoms with E-state index in [9.17, 15) is 4.79 Å². The Kier molecular flexibility index (Phi) is 4.73. The molecule has 0 saturated heterocycles. The number of carbonyl (C=O) groups excluding carboxylic acids is 1. The van der Waals surface area contributed by atoms with Gasteiger partial charge in [-0.15, -0.1) is 0 Å². The van der Waals surface area contributed by atoms with Crippen LogP contribution in [0, 0.1) is 0 Å². The molecule has 0 spiro atoms. The number of esters is 1.